The smallest absolute Gasteiger partial charge is 0.258 e. The molecular weight excluding hydrogens is 410 g/mol. The second-order valence-electron chi connectivity index (χ2n) is 7.71. The van der Waals surface area contributed by atoms with Crippen molar-refractivity contribution in [2.75, 3.05) is 18.4 Å². The number of rotatable bonds is 5. The molecule has 2 aromatic heterocycles. The van der Waals surface area contributed by atoms with E-state index in [1.807, 2.05) is 47.4 Å². The Kier molecular flexibility index (Phi) is 5.38. The molecule has 4 aromatic rings. The van der Waals surface area contributed by atoms with E-state index in [-0.39, 0.29) is 11.9 Å². The van der Waals surface area contributed by atoms with Crippen LogP contribution in [0.25, 0.3) is 21.7 Å². The normalized spacial score (nSPS) is 16.5. The third kappa shape index (κ3) is 4.03. The van der Waals surface area contributed by atoms with Crippen LogP contribution in [-0.2, 0) is 0 Å². The molecule has 3 heterocycles. The Balaban J connectivity index is 1.36. The van der Waals surface area contributed by atoms with E-state index < -0.39 is 0 Å². The zero-order valence-electron chi connectivity index (χ0n) is 17.2. The zero-order chi connectivity index (χ0) is 21.2. The lowest BCUT2D eigenvalue weighted by molar-refractivity contribution is 0.0629. The van der Waals surface area contributed by atoms with Gasteiger partial charge in [0, 0.05) is 19.1 Å². The van der Waals surface area contributed by atoms with Gasteiger partial charge in [-0.05, 0) is 50.5 Å². The first kappa shape index (κ1) is 19.7. The molecule has 0 spiro atoms. The monoisotopic (exact) mass is 433 g/mol. The van der Waals surface area contributed by atoms with Crippen LogP contribution in [0, 0.1) is 6.92 Å². The molecule has 5 rings (SSSR count). The second kappa shape index (κ2) is 8.47. The van der Waals surface area contributed by atoms with Crippen LogP contribution in [0.3, 0.4) is 0 Å². The number of benzene rings is 2. The fraction of sp³-hybridized carbons (Fsp3) is 0.304. The van der Waals surface area contributed by atoms with Crippen molar-refractivity contribution < 1.29 is 9.32 Å². The minimum atomic E-state index is 0.00209. The molecule has 1 N–H and O–H groups in total. The van der Waals surface area contributed by atoms with Crippen LogP contribution in [0.2, 0.25) is 0 Å². The molecule has 0 bridgehead atoms. The van der Waals surface area contributed by atoms with Gasteiger partial charge in [-0.1, -0.05) is 40.8 Å². The van der Waals surface area contributed by atoms with Crippen molar-refractivity contribution in [2.24, 2.45) is 0 Å². The van der Waals surface area contributed by atoms with Crippen LogP contribution in [0.4, 0.5) is 5.13 Å². The lowest BCUT2D eigenvalue weighted by atomic mass is 9.99. The summed E-state index contributed by atoms with van der Waals surface area (Å²) < 4.78 is 6.50. The first-order valence-corrected chi connectivity index (χ1v) is 11.3. The van der Waals surface area contributed by atoms with Gasteiger partial charge in [-0.3, -0.25) is 4.79 Å². The summed E-state index contributed by atoms with van der Waals surface area (Å²) in [4.78, 5) is 24.5. The number of fused-ring (bicyclic) bond motifs is 1. The van der Waals surface area contributed by atoms with Gasteiger partial charge in [-0.2, -0.15) is 4.98 Å². The fourth-order valence-electron chi connectivity index (χ4n) is 4.05. The first-order valence-electron chi connectivity index (χ1n) is 10.5. The summed E-state index contributed by atoms with van der Waals surface area (Å²) >= 11 is 1.64. The van der Waals surface area contributed by atoms with E-state index in [2.05, 4.69) is 26.5 Å². The van der Waals surface area contributed by atoms with Gasteiger partial charge >= 0.3 is 0 Å². The Labute approximate surface area is 184 Å². The van der Waals surface area contributed by atoms with Gasteiger partial charge in [0.05, 0.1) is 21.3 Å². The standard InChI is InChI=1S/C23H23N5O2S/c1-15-25-21(30-27-15)17-9-2-3-10-18(17)22(29)28-13-7-6-8-16(28)14-24-23-26-19-11-4-5-12-20(19)31-23/h2-5,9-12,16H,6-8,13-14H2,1H3,(H,24,26). The number of nitrogens with zero attached hydrogens (tertiary/aromatic N) is 4. The van der Waals surface area contributed by atoms with Gasteiger partial charge in [-0.15, -0.1) is 0 Å². The van der Waals surface area contributed by atoms with E-state index in [0.717, 1.165) is 41.2 Å². The molecule has 1 unspecified atom stereocenters. The Morgan fingerprint density at radius 1 is 1.16 bits per heavy atom. The minimum Gasteiger partial charge on any atom is -0.359 e. The Morgan fingerprint density at radius 2 is 2.00 bits per heavy atom. The lowest BCUT2D eigenvalue weighted by Gasteiger charge is -2.36. The van der Waals surface area contributed by atoms with Crippen LogP contribution in [0.1, 0.15) is 35.4 Å². The lowest BCUT2D eigenvalue weighted by Crippen LogP contribution is -2.47. The van der Waals surface area contributed by atoms with Crippen LogP contribution >= 0.6 is 11.3 Å². The quantitative estimate of drug-likeness (QED) is 0.488. The number of carbonyl (C=O) groups is 1. The number of hydrogen-bond acceptors (Lipinski definition) is 7. The van der Waals surface area contributed by atoms with Gasteiger partial charge in [0.1, 0.15) is 0 Å². The second-order valence-corrected chi connectivity index (χ2v) is 8.74. The number of piperidine rings is 1. The number of para-hydroxylation sites is 1. The van der Waals surface area contributed by atoms with Gasteiger partial charge in [-0.25, -0.2) is 4.98 Å². The van der Waals surface area contributed by atoms with Crippen LogP contribution in [-0.4, -0.2) is 45.1 Å². The third-order valence-electron chi connectivity index (χ3n) is 5.59. The van der Waals surface area contributed by atoms with E-state index >= 15 is 0 Å². The third-order valence-corrected chi connectivity index (χ3v) is 6.58. The maximum atomic E-state index is 13.6. The van der Waals surface area contributed by atoms with Gasteiger partial charge in [0.2, 0.25) is 0 Å². The van der Waals surface area contributed by atoms with Crippen molar-refractivity contribution in [2.45, 2.75) is 32.2 Å². The first-order chi connectivity index (χ1) is 15.2. The highest BCUT2D eigenvalue weighted by atomic mass is 32.1. The molecule has 31 heavy (non-hydrogen) atoms. The maximum Gasteiger partial charge on any atom is 0.258 e. The summed E-state index contributed by atoms with van der Waals surface area (Å²) in [5.74, 6) is 0.929. The summed E-state index contributed by atoms with van der Waals surface area (Å²) in [5, 5.41) is 8.23. The average molecular weight is 434 g/mol. The van der Waals surface area contributed by atoms with Gasteiger partial charge in [0.15, 0.2) is 11.0 Å². The van der Waals surface area contributed by atoms with Crippen molar-refractivity contribution in [3.8, 4) is 11.5 Å². The van der Waals surface area contributed by atoms with Crippen molar-refractivity contribution in [3.63, 3.8) is 0 Å². The van der Waals surface area contributed by atoms with Crippen molar-refractivity contribution in [1.82, 2.24) is 20.0 Å². The molecule has 7 nitrogen and oxygen atoms in total. The number of nitrogens with one attached hydrogen (secondary N) is 1. The highest BCUT2D eigenvalue weighted by molar-refractivity contribution is 7.22. The van der Waals surface area contributed by atoms with Crippen molar-refractivity contribution in [1.29, 1.82) is 0 Å². The van der Waals surface area contributed by atoms with Crippen LogP contribution < -0.4 is 5.32 Å². The van der Waals surface area contributed by atoms with E-state index in [1.165, 1.54) is 0 Å². The topological polar surface area (TPSA) is 84.2 Å². The van der Waals surface area contributed by atoms with E-state index in [1.54, 1.807) is 18.3 Å². The number of carbonyl (C=O) groups excluding carboxylic acids is 1. The highest BCUT2D eigenvalue weighted by Gasteiger charge is 2.29. The largest absolute Gasteiger partial charge is 0.359 e. The SMILES string of the molecule is Cc1noc(-c2ccccc2C(=O)N2CCCCC2CNc2nc3ccccc3s2)n1. The highest BCUT2D eigenvalue weighted by Crippen LogP contribution is 2.28. The molecule has 1 amide bonds. The summed E-state index contributed by atoms with van der Waals surface area (Å²) in [6, 6.07) is 15.7. The zero-order valence-corrected chi connectivity index (χ0v) is 18.1. The van der Waals surface area contributed by atoms with E-state index in [9.17, 15) is 4.79 Å². The van der Waals surface area contributed by atoms with E-state index in [0.29, 0.717) is 29.4 Å². The molecule has 1 aliphatic rings. The fourth-order valence-corrected chi connectivity index (χ4v) is 4.92. The Bertz CT molecular complexity index is 1180. The predicted octanol–water partition coefficient (Wildman–Crippen LogP) is 4.76. The molecule has 8 heteroatoms. The summed E-state index contributed by atoms with van der Waals surface area (Å²) in [6.45, 7) is 3.18. The summed E-state index contributed by atoms with van der Waals surface area (Å²) in [5.41, 5.74) is 2.27. The van der Waals surface area contributed by atoms with Crippen LogP contribution in [0.15, 0.2) is 53.1 Å². The number of aryl methyl sites for hydroxylation is 1. The van der Waals surface area contributed by atoms with Gasteiger partial charge < -0.3 is 14.7 Å². The molecule has 1 atom stereocenters. The molecule has 1 aliphatic heterocycles. The number of amides is 1. The number of hydrogen-bond donors (Lipinski definition) is 1. The molecule has 1 fully saturated rings. The summed E-state index contributed by atoms with van der Waals surface area (Å²) in [6.07, 6.45) is 3.08. The van der Waals surface area contributed by atoms with Gasteiger partial charge in [0.25, 0.3) is 11.8 Å². The summed E-state index contributed by atoms with van der Waals surface area (Å²) in [7, 11) is 0. The number of thiazole rings is 1. The van der Waals surface area contributed by atoms with Crippen LogP contribution in [0.5, 0.6) is 0 Å². The maximum absolute atomic E-state index is 13.6. The number of anilines is 1. The number of likely N-dealkylation sites (tertiary alicyclic amines) is 1. The number of aromatic nitrogens is 3. The molecule has 158 valence electrons. The Morgan fingerprint density at radius 3 is 2.84 bits per heavy atom. The molecule has 2 aromatic carbocycles. The predicted molar refractivity (Wildman–Crippen MR) is 121 cm³/mol. The van der Waals surface area contributed by atoms with Crippen molar-refractivity contribution in [3.05, 3.63) is 59.9 Å². The molecule has 0 radical (unpaired) electrons. The van der Waals surface area contributed by atoms with Crippen molar-refractivity contribution >= 4 is 32.6 Å². The molecule has 0 saturated carbocycles. The molecular formula is C23H23N5O2S. The van der Waals surface area contributed by atoms with E-state index in [4.69, 9.17) is 4.52 Å². The molecule has 1 saturated heterocycles. The average Bonchev–Trinajstić information content (AvgIpc) is 3.43. The minimum absolute atomic E-state index is 0.00209. The molecule has 0 aliphatic carbocycles. The Hall–Kier alpha value is -3.26.